The van der Waals surface area contributed by atoms with Gasteiger partial charge in [-0.15, -0.1) is 0 Å². The van der Waals surface area contributed by atoms with Gasteiger partial charge in [0, 0.05) is 45.5 Å². The lowest BCUT2D eigenvalue weighted by Gasteiger charge is -2.33. The molecule has 12 nitrogen and oxygen atoms in total. The summed E-state index contributed by atoms with van der Waals surface area (Å²) in [6.45, 7) is 11.9. The minimum atomic E-state index is -3.85. The first kappa shape index (κ1) is 36.4. The standard InChI is InChI=1S/C34H51N5O7S/c1-5-9-10-11-12-22-45-34(41)46-23-20-37-16-18-39(19-17-37)47(42,43)27-14-15-29(44-21-7-3)28(24-27)32-35-30-26(13-6-2)25-38(8-4)31(30)33(40)36-32/h14-15,24-25H,5-13,16-23H2,1-4H3,(H,35,36,40). The molecule has 0 atom stereocenters. The number of unbranched alkanes of at least 4 members (excludes halogenated alkanes) is 4. The molecule has 0 saturated carbocycles. The number of nitrogens with zero attached hydrogens (tertiary/aromatic N) is 4. The zero-order chi connectivity index (χ0) is 33.8. The SMILES string of the molecule is CCCCCCCOC(=O)OCCN1CCN(S(=O)(=O)c2ccc(OCCC)c(-c3nc4c(CCC)cn(CC)c4c(=O)[nH]3)c2)CC1. The summed E-state index contributed by atoms with van der Waals surface area (Å²) in [5, 5.41) is 0. The minimum Gasteiger partial charge on any atom is -0.493 e. The van der Waals surface area contributed by atoms with Gasteiger partial charge in [0.05, 0.1) is 29.2 Å². The molecule has 3 heterocycles. The highest BCUT2D eigenvalue weighted by atomic mass is 32.2. The Kier molecular flexibility index (Phi) is 13.7. The molecule has 0 radical (unpaired) electrons. The van der Waals surface area contributed by atoms with Gasteiger partial charge in [0.1, 0.15) is 23.7 Å². The van der Waals surface area contributed by atoms with Crippen molar-refractivity contribution in [3.05, 3.63) is 40.3 Å². The van der Waals surface area contributed by atoms with Crippen LogP contribution in [0.15, 0.2) is 34.1 Å². The van der Waals surface area contributed by atoms with E-state index in [9.17, 15) is 18.0 Å². The number of hydrogen-bond acceptors (Lipinski definition) is 9. The first-order valence-corrected chi connectivity index (χ1v) is 18.6. The Morgan fingerprint density at radius 2 is 1.66 bits per heavy atom. The van der Waals surface area contributed by atoms with E-state index in [0.29, 0.717) is 74.8 Å². The van der Waals surface area contributed by atoms with Crippen LogP contribution in [0.25, 0.3) is 22.4 Å². The lowest BCUT2D eigenvalue weighted by atomic mass is 10.1. The van der Waals surface area contributed by atoms with Gasteiger partial charge in [0.25, 0.3) is 5.56 Å². The van der Waals surface area contributed by atoms with Crippen LogP contribution in [-0.4, -0.2) is 90.9 Å². The van der Waals surface area contributed by atoms with Crippen molar-refractivity contribution < 1.29 is 27.4 Å². The average Bonchev–Trinajstić information content (AvgIpc) is 3.43. The van der Waals surface area contributed by atoms with Gasteiger partial charge in [-0.2, -0.15) is 4.31 Å². The fourth-order valence-electron chi connectivity index (χ4n) is 5.80. The minimum absolute atomic E-state index is 0.105. The second-order valence-electron chi connectivity index (χ2n) is 11.9. The van der Waals surface area contributed by atoms with Crippen molar-refractivity contribution >= 4 is 27.2 Å². The predicted molar refractivity (Wildman–Crippen MR) is 183 cm³/mol. The first-order valence-electron chi connectivity index (χ1n) is 17.1. The van der Waals surface area contributed by atoms with E-state index in [1.165, 1.54) is 17.1 Å². The van der Waals surface area contributed by atoms with E-state index in [4.69, 9.17) is 19.2 Å². The summed E-state index contributed by atoms with van der Waals surface area (Å²) in [6, 6.07) is 4.74. The number of aryl methyl sites for hydroxylation is 2. The topological polar surface area (TPSA) is 136 Å². The predicted octanol–water partition coefficient (Wildman–Crippen LogP) is 5.58. The van der Waals surface area contributed by atoms with Crippen molar-refractivity contribution in [3.8, 4) is 17.1 Å². The summed E-state index contributed by atoms with van der Waals surface area (Å²) in [5.74, 6) is 0.733. The molecule has 0 aliphatic carbocycles. The maximum Gasteiger partial charge on any atom is 0.508 e. The van der Waals surface area contributed by atoms with Crippen LogP contribution in [0.3, 0.4) is 0 Å². The van der Waals surface area contributed by atoms with Crippen molar-refractivity contribution in [1.29, 1.82) is 0 Å². The van der Waals surface area contributed by atoms with Crippen LogP contribution in [0, 0.1) is 0 Å². The molecular formula is C34H51N5O7S. The number of aromatic nitrogens is 3. The zero-order valence-electron chi connectivity index (χ0n) is 28.4. The molecule has 1 aliphatic heterocycles. The number of carbonyl (C=O) groups is 1. The molecule has 47 heavy (non-hydrogen) atoms. The third kappa shape index (κ3) is 9.35. The third-order valence-electron chi connectivity index (χ3n) is 8.39. The summed E-state index contributed by atoms with van der Waals surface area (Å²) in [4.78, 5) is 35.2. The van der Waals surface area contributed by atoms with E-state index in [0.717, 1.165) is 44.1 Å². The van der Waals surface area contributed by atoms with E-state index in [2.05, 4.69) is 23.7 Å². The number of ether oxygens (including phenoxy) is 3. The number of sulfonamides is 1. The fourth-order valence-corrected chi connectivity index (χ4v) is 7.25. The molecule has 1 aliphatic rings. The van der Waals surface area contributed by atoms with Gasteiger partial charge in [-0.25, -0.2) is 18.2 Å². The molecule has 4 rings (SSSR count). The molecule has 1 saturated heterocycles. The highest BCUT2D eigenvalue weighted by molar-refractivity contribution is 7.89. The molecule has 3 aromatic rings. The molecule has 0 spiro atoms. The van der Waals surface area contributed by atoms with Crippen molar-refractivity contribution in [2.24, 2.45) is 0 Å². The van der Waals surface area contributed by atoms with Crippen molar-refractivity contribution in [3.63, 3.8) is 0 Å². The van der Waals surface area contributed by atoms with Crippen LogP contribution in [0.1, 0.15) is 78.2 Å². The largest absolute Gasteiger partial charge is 0.508 e. The van der Waals surface area contributed by atoms with Gasteiger partial charge in [0.2, 0.25) is 10.0 Å². The number of carbonyl (C=O) groups excluding carboxylic acids is 1. The van der Waals surface area contributed by atoms with E-state index in [1.54, 1.807) is 18.2 Å². The van der Waals surface area contributed by atoms with Gasteiger partial charge >= 0.3 is 6.16 Å². The Balaban J connectivity index is 1.44. The summed E-state index contributed by atoms with van der Waals surface area (Å²) >= 11 is 0. The Morgan fingerprint density at radius 1 is 0.915 bits per heavy atom. The highest BCUT2D eigenvalue weighted by Gasteiger charge is 2.30. The number of nitrogens with one attached hydrogen (secondary N) is 1. The number of fused-ring (bicyclic) bond motifs is 1. The Bertz CT molecular complexity index is 1630. The van der Waals surface area contributed by atoms with Gasteiger partial charge in [0.15, 0.2) is 0 Å². The number of piperazine rings is 1. The highest BCUT2D eigenvalue weighted by Crippen LogP contribution is 2.33. The smallest absolute Gasteiger partial charge is 0.493 e. The number of aromatic amines is 1. The summed E-state index contributed by atoms with van der Waals surface area (Å²) < 4.78 is 47.4. The molecule has 0 unspecified atom stereocenters. The lowest BCUT2D eigenvalue weighted by molar-refractivity contribution is 0.0442. The molecule has 0 amide bonds. The van der Waals surface area contributed by atoms with Gasteiger partial charge in [-0.1, -0.05) is 52.9 Å². The van der Waals surface area contributed by atoms with Crippen molar-refractivity contribution in [2.75, 3.05) is 52.5 Å². The molecule has 0 bridgehead atoms. The average molecular weight is 674 g/mol. The maximum absolute atomic E-state index is 13.8. The van der Waals surface area contributed by atoms with Crippen LogP contribution in [0.4, 0.5) is 4.79 Å². The lowest BCUT2D eigenvalue weighted by Crippen LogP contribution is -2.49. The molecular weight excluding hydrogens is 622 g/mol. The van der Waals surface area contributed by atoms with Gasteiger partial charge in [-0.3, -0.25) is 9.69 Å². The van der Waals surface area contributed by atoms with Crippen LogP contribution < -0.4 is 10.3 Å². The Morgan fingerprint density at radius 3 is 2.36 bits per heavy atom. The third-order valence-corrected chi connectivity index (χ3v) is 10.3. The Labute approximate surface area is 278 Å². The van der Waals surface area contributed by atoms with Gasteiger partial charge in [-0.05, 0) is 49.9 Å². The molecule has 260 valence electrons. The molecule has 1 aromatic carbocycles. The van der Waals surface area contributed by atoms with E-state index in [-0.39, 0.29) is 22.9 Å². The first-order chi connectivity index (χ1) is 22.7. The van der Waals surface area contributed by atoms with E-state index >= 15 is 0 Å². The number of H-pyrrole nitrogens is 1. The van der Waals surface area contributed by atoms with Crippen molar-refractivity contribution in [2.45, 2.75) is 90.5 Å². The van der Waals surface area contributed by atoms with E-state index < -0.39 is 16.2 Å². The molecule has 13 heteroatoms. The summed E-state index contributed by atoms with van der Waals surface area (Å²) in [7, 11) is -3.85. The fraction of sp³-hybridized carbons (Fsp3) is 0.618. The maximum atomic E-state index is 13.8. The number of benzene rings is 1. The molecule has 1 N–H and O–H groups in total. The summed E-state index contributed by atoms with van der Waals surface area (Å²) in [6.07, 6.45) is 9.10. The van der Waals surface area contributed by atoms with Crippen LogP contribution in [0.5, 0.6) is 5.75 Å². The second-order valence-corrected chi connectivity index (χ2v) is 13.9. The monoisotopic (exact) mass is 673 g/mol. The molecule has 2 aromatic heterocycles. The van der Waals surface area contributed by atoms with Gasteiger partial charge < -0.3 is 23.8 Å². The van der Waals surface area contributed by atoms with E-state index in [1.807, 2.05) is 24.6 Å². The van der Waals surface area contributed by atoms with Crippen LogP contribution in [-0.2, 0) is 32.5 Å². The molecule has 1 fully saturated rings. The quantitative estimate of drug-likeness (QED) is 0.136. The Hall–Kier alpha value is -3.42. The normalized spacial score (nSPS) is 14.5. The second kappa shape index (κ2) is 17.7. The summed E-state index contributed by atoms with van der Waals surface area (Å²) in [5.41, 5.74) is 2.26. The zero-order valence-corrected chi connectivity index (χ0v) is 29.2. The van der Waals surface area contributed by atoms with Crippen LogP contribution >= 0.6 is 0 Å². The van der Waals surface area contributed by atoms with Crippen LogP contribution in [0.2, 0.25) is 0 Å². The number of rotatable bonds is 18. The number of hydrogen-bond donors (Lipinski definition) is 1. The van der Waals surface area contributed by atoms with Crippen molar-refractivity contribution in [1.82, 2.24) is 23.7 Å².